The zero-order chi connectivity index (χ0) is 18.0. The van der Waals surface area contributed by atoms with E-state index in [0.717, 1.165) is 9.87 Å². The minimum absolute atomic E-state index is 0.149. The Kier molecular flexibility index (Phi) is 4.59. The number of carbonyl (C=O) groups is 1. The van der Waals surface area contributed by atoms with Crippen LogP contribution in [0.5, 0.6) is 0 Å². The molecule has 0 radical (unpaired) electrons. The molecule has 0 N–H and O–H groups in total. The van der Waals surface area contributed by atoms with Gasteiger partial charge in [0.25, 0.3) is 10.0 Å². The third-order valence-electron chi connectivity index (χ3n) is 4.09. The normalized spacial score (nSPS) is 19.8. The Morgan fingerprint density at radius 1 is 1.08 bits per heavy atom. The molecule has 3 rings (SSSR count). The van der Waals surface area contributed by atoms with Crippen molar-refractivity contribution >= 4 is 22.3 Å². The summed E-state index contributed by atoms with van der Waals surface area (Å²) in [6.45, 7) is 1.88. The Morgan fingerprint density at radius 2 is 1.72 bits per heavy atom. The number of hydrogen-bond donors (Lipinski definition) is 0. The van der Waals surface area contributed by atoms with Crippen LogP contribution in [0.25, 0.3) is 0 Å². The Bertz CT molecular complexity index is 892. The summed E-state index contributed by atoms with van der Waals surface area (Å²) < 4.78 is 32.1. The SMILES string of the molecule is COC(=O)[C@H]1N=CN(S(=O)(=O)c2ccc(C)cc2)[C@@H]1c1ccccc1. The van der Waals surface area contributed by atoms with Crippen LogP contribution >= 0.6 is 0 Å². The molecule has 0 saturated heterocycles. The lowest BCUT2D eigenvalue weighted by atomic mass is 10.0. The second kappa shape index (κ2) is 6.68. The second-order valence-electron chi connectivity index (χ2n) is 5.74. The first kappa shape index (κ1) is 17.2. The number of rotatable bonds is 4. The molecule has 0 amide bonds. The van der Waals surface area contributed by atoms with E-state index in [-0.39, 0.29) is 4.90 Å². The topological polar surface area (TPSA) is 76.0 Å². The molecule has 130 valence electrons. The zero-order valence-corrected chi connectivity index (χ0v) is 14.7. The van der Waals surface area contributed by atoms with Crippen LogP contribution in [0.3, 0.4) is 0 Å². The van der Waals surface area contributed by atoms with Gasteiger partial charge in [-0.1, -0.05) is 48.0 Å². The molecule has 2 aromatic rings. The van der Waals surface area contributed by atoms with E-state index in [1.165, 1.54) is 13.4 Å². The maximum atomic E-state index is 13.1. The Labute approximate surface area is 146 Å². The van der Waals surface area contributed by atoms with E-state index in [1.807, 2.05) is 13.0 Å². The molecule has 0 aromatic heterocycles. The first-order chi connectivity index (χ1) is 11.9. The monoisotopic (exact) mass is 358 g/mol. The van der Waals surface area contributed by atoms with Crippen molar-refractivity contribution in [2.24, 2.45) is 4.99 Å². The lowest BCUT2D eigenvalue weighted by Crippen LogP contribution is -2.37. The summed E-state index contributed by atoms with van der Waals surface area (Å²) in [5, 5.41) is 0. The number of esters is 1. The molecule has 1 aliphatic heterocycles. The molecule has 0 fully saturated rings. The molecule has 0 spiro atoms. The van der Waals surface area contributed by atoms with Gasteiger partial charge in [-0.05, 0) is 24.6 Å². The number of nitrogens with zero attached hydrogens (tertiary/aromatic N) is 2. The highest BCUT2D eigenvalue weighted by atomic mass is 32.2. The van der Waals surface area contributed by atoms with Gasteiger partial charge >= 0.3 is 5.97 Å². The van der Waals surface area contributed by atoms with Gasteiger partial charge in [0, 0.05) is 0 Å². The predicted molar refractivity (Wildman–Crippen MR) is 93.7 cm³/mol. The Hall–Kier alpha value is -2.67. The Balaban J connectivity index is 2.06. The highest BCUT2D eigenvalue weighted by Crippen LogP contribution is 2.35. The summed E-state index contributed by atoms with van der Waals surface area (Å²) in [6.07, 6.45) is 1.20. The van der Waals surface area contributed by atoms with Gasteiger partial charge in [0.05, 0.1) is 12.0 Å². The van der Waals surface area contributed by atoms with Crippen molar-refractivity contribution in [2.45, 2.75) is 23.9 Å². The summed E-state index contributed by atoms with van der Waals surface area (Å²) in [4.78, 5) is 16.3. The van der Waals surface area contributed by atoms with Crippen LogP contribution in [-0.2, 0) is 19.6 Å². The minimum atomic E-state index is -3.85. The lowest BCUT2D eigenvalue weighted by molar-refractivity contribution is -0.142. The van der Waals surface area contributed by atoms with Crippen LogP contribution in [0.2, 0.25) is 0 Å². The highest BCUT2D eigenvalue weighted by Gasteiger charge is 2.43. The third kappa shape index (κ3) is 3.15. The van der Waals surface area contributed by atoms with Crippen molar-refractivity contribution in [1.82, 2.24) is 4.31 Å². The average Bonchev–Trinajstić information content (AvgIpc) is 3.08. The first-order valence-electron chi connectivity index (χ1n) is 7.71. The van der Waals surface area contributed by atoms with Crippen LogP contribution < -0.4 is 0 Å². The van der Waals surface area contributed by atoms with Crippen molar-refractivity contribution in [3.63, 3.8) is 0 Å². The molecule has 1 heterocycles. The summed E-state index contributed by atoms with van der Waals surface area (Å²) in [5.41, 5.74) is 1.63. The van der Waals surface area contributed by atoms with Gasteiger partial charge in [0.15, 0.2) is 6.04 Å². The Morgan fingerprint density at radius 3 is 2.32 bits per heavy atom. The minimum Gasteiger partial charge on any atom is -0.467 e. The van der Waals surface area contributed by atoms with E-state index in [0.29, 0.717) is 5.56 Å². The molecule has 1 aliphatic rings. The number of carbonyl (C=O) groups excluding carboxylic acids is 1. The molecule has 7 heteroatoms. The summed E-state index contributed by atoms with van der Waals surface area (Å²) >= 11 is 0. The average molecular weight is 358 g/mol. The maximum Gasteiger partial charge on any atom is 0.333 e. The van der Waals surface area contributed by atoms with Gasteiger partial charge < -0.3 is 4.74 Å². The van der Waals surface area contributed by atoms with Crippen LogP contribution in [0.1, 0.15) is 17.2 Å². The number of benzene rings is 2. The number of sulfonamides is 1. The van der Waals surface area contributed by atoms with Crippen molar-refractivity contribution < 1.29 is 17.9 Å². The van der Waals surface area contributed by atoms with E-state index < -0.39 is 28.1 Å². The fraction of sp³-hybridized carbons (Fsp3) is 0.222. The van der Waals surface area contributed by atoms with E-state index in [9.17, 15) is 13.2 Å². The largest absolute Gasteiger partial charge is 0.467 e. The highest BCUT2D eigenvalue weighted by molar-refractivity contribution is 7.89. The van der Waals surface area contributed by atoms with E-state index in [1.54, 1.807) is 48.5 Å². The molecule has 0 bridgehead atoms. The van der Waals surface area contributed by atoms with Gasteiger partial charge in [-0.3, -0.25) is 4.99 Å². The van der Waals surface area contributed by atoms with Crippen LogP contribution in [0.15, 0.2) is 64.5 Å². The van der Waals surface area contributed by atoms with Crippen molar-refractivity contribution in [3.05, 3.63) is 65.7 Å². The van der Waals surface area contributed by atoms with Crippen molar-refractivity contribution in [2.75, 3.05) is 7.11 Å². The van der Waals surface area contributed by atoms with E-state index >= 15 is 0 Å². The fourth-order valence-corrected chi connectivity index (χ4v) is 4.20. The van der Waals surface area contributed by atoms with Crippen LogP contribution in [0.4, 0.5) is 0 Å². The summed E-state index contributed by atoms with van der Waals surface area (Å²) in [7, 11) is -2.59. The second-order valence-corrected chi connectivity index (χ2v) is 7.58. The number of aryl methyl sites for hydroxylation is 1. The maximum absolute atomic E-state index is 13.1. The van der Waals surface area contributed by atoms with Crippen molar-refractivity contribution in [1.29, 1.82) is 0 Å². The number of hydrogen-bond acceptors (Lipinski definition) is 5. The zero-order valence-electron chi connectivity index (χ0n) is 13.9. The lowest BCUT2D eigenvalue weighted by Gasteiger charge is -2.27. The smallest absolute Gasteiger partial charge is 0.333 e. The molecule has 0 aliphatic carbocycles. The standard InChI is InChI=1S/C18H18N2O4S/c1-13-8-10-15(11-9-13)25(22,23)20-12-19-16(18(21)24-2)17(20)14-6-4-3-5-7-14/h3-12,16-17H,1-2H3/t16-,17+/m0/s1. The number of aliphatic imine (C=N–C) groups is 1. The van der Waals surface area contributed by atoms with E-state index in [2.05, 4.69) is 4.99 Å². The molecular formula is C18H18N2O4S. The number of methoxy groups -OCH3 is 1. The van der Waals surface area contributed by atoms with Gasteiger partial charge in [0.1, 0.15) is 12.4 Å². The van der Waals surface area contributed by atoms with E-state index in [4.69, 9.17) is 4.74 Å². The van der Waals surface area contributed by atoms with Gasteiger partial charge in [0.2, 0.25) is 0 Å². The molecule has 0 saturated carbocycles. The van der Waals surface area contributed by atoms with Crippen LogP contribution in [-0.4, -0.2) is 38.2 Å². The predicted octanol–water partition coefficient (Wildman–Crippen LogP) is 2.31. The fourth-order valence-electron chi connectivity index (χ4n) is 2.76. The molecular weight excluding hydrogens is 340 g/mol. The molecule has 25 heavy (non-hydrogen) atoms. The number of ether oxygens (including phenoxy) is 1. The van der Waals surface area contributed by atoms with Gasteiger partial charge in [-0.15, -0.1) is 0 Å². The summed E-state index contributed by atoms with van der Waals surface area (Å²) in [6, 6.07) is 13.8. The molecule has 0 unspecified atom stereocenters. The van der Waals surface area contributed by atoms with Gasteiger partial charge in [-0.2, -0.15) is 0 Å². The van der Waals surface area contributed by atoms with Gasteiger partial charge in [-0.25, -0.2) is 17.5 Å². The van der Waals surface area contributed by atoms with Crippen LogP contribution in [0, 0.1) is 6.92 Å². The summed E-state index contributed by atoms with van der Waals surface area (Å²) in [5.74, 6) is -0.577. The quantitative estimate of drug-likeness (QED) is 0.786. The third-order valence-corrected chi connectivity index (χ3v) is 5.84. The van der Waals surface area contributed by atoms with Crippen molar-refractivity contribution in [3.8, 4) is 0 Å². The molecule has 2 aromatic carbocycles. The molecule has 6 nitrogen and oxygen atoms in total. The first-order valence-corrected chi connectivity index (χ1v) is 9.15. The molecule has 2 atom stereocenters.